The van der Waals surface area contributed by atoms with Crippen molar-refractivity contribution in [2.45, 2.75) is 38.1 Å². The van der Waals surface area contributed by atoms with E-state index in [0.29, 0.717) is 17.3 Å². The summed E-state index contributed by atoms with van der Waals surface area (Å²) < 4.78 is 5.44. The molecule has 5 heteroatoms. The Morgan fingerprint density at radius 1 is 0.963 bits per heavy atom. The van der Waals surface area contributed by atoms with Gasteiger partial charge in [-0.25, -0.2) is 4.79 Å². The van der Waals surface area contributed by atoms with E-state index in [9.17, 15) is 9.59 Å². The van der Waals surface area contributed by atoms with E-state index < -0.39 is 5.63 Å². The number of amides is 1. The molecule has 0 spiro atoms. The number of benzene rings is 2. The van der Waals surface area contributed by atoms with Gasteiger partial charge in [0.25, 0.3) is 0 Å². The van der Waals surface area contributed by atoms with E-state index >= 15 is 0 Å². The summed E-state index contributed by atoms with van der Waals surface area (Å²) in [5, 5.41) is 7.08. The lowest BCUT2D eigenvalue weighted by molar-refractivity contribution is -0.115. The average molecular weight is 362 g/mol. The second-order valence-electron chi connectivity index (χ2n) is 6.97. The Labute approximate surface area is 157 Å². The van der Waals surface area contributed by atoms with E-state index in [-0.39, 0.29) is 18.0 Å². The number of nitrogens with one attached hydrogen (secondary N) is 2. The molecule has 1 aliphatic rings. The van der Waals surface area contributed by atoms with Crippen LogP contribution in [0.5, 0.6) is 0 Å². The van der Waals surface area contributed by atoms with Crippen LogP contribution in [0.2, 0.25) is 0 Å². The molecule has 1 amide bonds. The SMILES string of the molecule is O=C(Cc1ccccc1)Nc1c(NC2CCCC2)c2ccccc2oc1=O. The van der Waals surface area contributed by atoms with Crippen LogP contribution in [0, 0.1) is 0 Å². The first-order valence-electron chi connectivity index (χ1n) is 9.37. The van der Waals surface area contributed by atoms with E-state index in [1.54, 1.807) is 6.07 Å². The largest absolute Gasteiger partial charge is 0.421 e. The molecule has 0 bridgehead atoms. The standard InChI is InChI=1S/C22H22N2O3/c25-19(14-15-8-2-1-3-9-15)24-21-20(23-16-10-4-5-11-16)17-12-6-7-13-18(17)27-22(21)26/h1-3,6-9,12-13,16,23H,4-5,10-11,14H2,(H,24,25). The van der Waals surface area contributed by atoms with Gasteiger partial charge in [0, 0.05) is 11.4 Å². The lowest BCUT2D eigenvalue weighted by atomic mass is 10.1. The molecule has 1 heterocycles. The Balaban J connectivity index is 1.68. The van der Waals surface area contributed by atoms with Crippen molar-refractivity contribution in [3.05, 3.63) is 70.6 Å². The van der Waals surface area contributed by atoms with Crippen LogP contribution in [0.25, 0.3) is 11.0 Å². The van der Waals surface area contributed by atoms with E-state index in [2.05, 4.69) is 10.6 Å². The predicted molar refractivity (Wildman–Crippen MR) is 107 cm³/mol. The smallest absolute Gasteiger partial charge is 0.362 e. The second kappa shape index (κ2) is 7.66. The summed E-state index contributed by atoms with van der Waals surface area (Å²) in [6.07, 6.45) is 4.67. The van der Waals surface area contributed by atoms with E-state index in [0.717, 1.165) is 23.8 Å². The molecule has 2 aromatic carbocycles. The highest BCUT2D eigenvalue weighted by Gasteiger charge is 2.21. The molecule has 3 aromatic rings. The summed E-state index contributed by atoms with van der Waals surface area (Å²) in [7, 11) is 0. The van der Waals surface area contributed by atoms with Gasteiger partial charge in [0.2, 0.25) is 5.91 Å². The van der Waals surface area contributed by atoms with Crippen molar-refractivity contribution in [2.75, 3.05) is 10.6 Å². The highest BCUT2D eigenvalue weighted by molar-refractivity contribution is 6.02. The van der Waals surface area contributed by atoms with E-state index in [4.69, 9.17) is 4.42 Å². The molecule has 1 aromatic heterocycles. The Hall–Kier alpha value is -3.08. The van der Waals surface area contributed by atoms with Crippen LogP contribution in [0.4, 0.5) is 11.4 Å². The highest BCUT2D eigenvalue weighted by Crippen LogP contribution is 2.32. The van der Waals surface area contributed by atoms with Crippen molar-refractivity contribution < 1.29 is 9.21 Å². The number of hydrogen-bond acceptors (Lipinski definition) is 4. The van der Waals surface area contributed by atoms with Crippen LogP contribution in [0.15, 0.2) is 63.8 Å². The summed E-state index contributed by atoms with van der Waals surface area (Å²) in [6.45, 7) is 0. The number of rotatable bonds is 5. The lowest BCUT2D eigenvalue weighted by Crippen LogP contribution is -2.24. The Morgan fingerprint density at radius 2 is 1.67 bits per heavy atom. The van der Waals surface area contributed by atoms with E-state index in [1.807, 2.05) is 48.5 Å². The molecule has 0 atom stereocenters. The molecule has 1 aliphatic carbocycles. The molecule has 0 radical (unpaired) electrons. The van der Waals surface area contributed by atoms with Crippen LogP contribution >= 0.6 is 0 Å². The van der Waals surface area contributed by atoms with Gasteiger partial charge in [-0.2, -0.15) is 0 Å². The molecular weight excluding hydrogens is 340 g/mol. The van der Waals surface area contributed by atoms with Crippen molar-refractivity contribution in [1.82, 2.24) is 0 Å². The van der Waals surface area contributed by atoms with Crippen LogP contribution in [-0.2, 0) is 11.2 Å². The Bertz CT molecular complexity index is 1000. The molecule has 1 saturated carbocycles. The number of hydrogen-bond donors (Lipinski definition) is 2. The molecule has 1 fully saturated rings. The average Bonchev–Trinajstić information content (AvgIpc) is 3.18. The number of carbonyl (C=O) groups excluding carboxylic acids is 1. The molecule has 0 saturated heterocycles. The minimum atomic E-state index is -0.532. The highest BCUT2D eigenvalue weighted by atomic mass is 16.4. The maximum Gasteiger partial charge on any atom is 0.362 e. The van der Waals surface area contributed by atoms with Gasteiger partial charge in [-0.15, -0.1) is 0 Å². The quantitative estimate of drug-likeness (QED) is 0.663. The van der Waals surface area contributed by atoms with Gasteiger partial charge < -0.3 is 15.1 Å². The topological polar surface area (TPSA) is 71.3 Å². The third-order valence-corrected chi connectivity index (χ3v) is 4.99. The van der Waals surface area contributed by atoms with Crippen molar-refractivity contribution in [3.8, 4) is 0 Å². The van der Waals surface area contributed by atoms with Crippen molar-refractivity contribution >= 4 is 28.3 Å². The first-order chi connectivity index (χ1) is 13.2. The minimum Gasteiger partial charge on any atom is -0.421 e. The van der Waals surface area contributed by atoms with Gasteiger partial charge in [0.1, 0.15) is 5.58 Å². The van der Waals surface area contributed by atoms with Gasteiger partial charge >= 0.3 is 5.63 Å². The lowest BCUT2D eigenvalue weighted by Gasteiger charge is -2.18. The van der Waals surface area contributed by atoms with Gasteiger partial charge in [0.05, 0.1) is 12.1 Å². The maximum atomic E-state index is 12.6. The molecule has 27 heavy (non-hydrogen) atoms. The van der Waals surface area contributed by atoms with Crippen LogP contribution < -0.4 is 16.3 Å². The Kier molecular flexibility index (Phi) is 4.92. The number of carbonyl (C=O) groups is 1. The first kappa shape index (κ1) is 17.3. The number of para-hydroxylation sites is 1. The second-order valence-corrected chi connectivity index (χ2v) is 6.97. The molecule has 0 aliphatic heterocycles. The molecular formula is C22H22N2O3. The Morgan fingerprint density at radius 3 is 2.44 bits per heavy atom. The zero-order chi connectivity index (χ0) is 18.6. The van der Waals surface area contributed by atoms with Crippen LogP contribution in [-0.4, -0.2) is 11.9 Å². The predicted octanol–water partition coefficient (Wildman–Crippen LogP) is 4.33. The zero-order valence-electron chi connectivity index (χ0n) is 15.0. The summed E-state index contributed by atoms with van der Waals surface area (Å²) >= 11 is 0. The molecule has 4 rings (SSSR count). The van der Waals surface area contributed by atoms with Crippen molar-refractivity contribution in [3.63, 3.8) is 0 Å². The summed E-state index contributed by atoms with van der Waals surface area (Å²) in [6, 6.07) is 17.2. The third kappa shape index (κ3) is 3.87. The van der Waals surface area contributed by atoms with Gasteiger partial charge in [-0.3, -0.25) is 4.79 Å². The van der Waals surface area contributed by atoms with Crippen molar-refractivity contribution in [2.24, 2.45) is 0 Å². The maximum absolute atomic E-state index is 12.6. The fourth-order valence-electron chi connectivity index (χ4n) is 3.65. The monoisotopic (exact) mass is 362 g/mol. The fraction of sp³-hybridized carbons (Fsp3) is 0.273. The summed E-state index contributed by atoms with van der Waals surface area (Å²) in [5.41, 5.74) is 1.74. The minimum absolute atomic E-state index is 0.196. The molecule has 2 N–H and O–H groups in total. The normalized spacial score (nSPS) is 14.4. The van der Waals surface area contributed by atoms with Crippen molar-refractivity contribution in [1.29, 1.82) is 0 Å². The number of fused-ring (bicyclic) bond motifs is 1. The van der Waals surface area contributed by atoms with Crippen LogP contribution in [0.1, 0.15) is 31.2 Å². The van der Waals surface area contributed by atoms with Gasteiger partial charge in [0.15, 0.2) is 5.69 Å². The summed E-state index contributed by atoms with van der Waals surface area (Å²) in [5.74, 6) is -0.238. The van der Waals surface area contributed by atoms with Gasteiger partial charge in [-0.1, -0.05) is 55.3 Å². The zero-order valence-corrected chi connectivity index (χ0v) is 15.0. The molecule has 138 valence electrons. The van der Waals surface area contributed by atoms with Gasteiger partial charge in [-0.05, 0) is 30.5 Å². The molecule has 5 nitrogen and oxygen atoms in total. The number of anilines is 2. The molecule has 0 unspecified atom stereocenters. The summed E-state index contributed by atoms with van der Waals surface area (Å²) in [4.78, 5) is 25.1. The van der Waals surface area contributed by atoms with Crippen LogP contribution in [0.3, 0.4) is 0 Å². The third-order valence-electron chi connectivity index (χ3n) is 4.99. The first-order valence-corrected chi connectivity index (χ1v) is 9.37. The fourth-order valence-corrected chi connectivity index (χ4v) is 3.65. The van der Waals surface area contributed by atoms with E-state index in [1.165, 1.54) is 12.8 Å².